The minimum Gasteiger partial charge on any atom is -0.480 e. The van der Waals surface area contributed by atoms with Gasteiger partial charge in [-0.25, -0.2) is 4.79 Å². The van der Waals surface area contributed by atoms with Crippen molar-refractivity contribution in [3.8, 4) is 0 Å². The molecule has 0 aliphatic heterocycles. The number of amides is 3. The van der Waals surface area contributed by atoms with Crippen LogP contribution in [0, 0.1) is 0 Å². The number of aliphatic hydroxyl groups is 1. The average molecular weight is 526 g/mol. The second-order valence-electron chi connectivity index (χ2n) is 8.12. The third-order valence-electron chi connectivity index (χ3n) is 5.08. The topological polar surface area (TPSA) is 235 Å². The first kappa shape index (κ1) is 30.7. The number of carboxylic acid groups (broad SMARTS) is 1. The third kappa shape index (κ3) is 10.9. The Morgan fingerprint density at radius 3 is 2.11 bits per heavy atom. The van der Waals surface area contributed by atoms with E-state index in [1.165, 1.54) is 6.92 Å². The predicted molar refractivity (Wildman–Crippen MR) is 137 cm³/mol. The largest absolute Gasteiger partial charge is 0.480 e. The summed E-state index contributed by atoms with van der Waals surface area (Å²) in [4.78, 5) is 53.4. The Morgan fingerprint density at radius 1 is 1.00 bits per heavy atom. The van der Waals surface area contributed by atoms with Gasteiger partial charge in [0.1, 0.15) is 12.1 Å². The summed E-state index contributed by atoms with van der Waals surface area (Å²) in [6.45, 7) is 1.51. The van der Waals surface area contributed by atoms with Gasteiger partial charge in [-0.05, 0) is 25.3 Å². The fraction of sp³-hybridized carbons (Fsp3) is 0.500. The molecule has 0 aliphatic rings. The Balaban J connectivity index is 2.91. The van der Waals surface area contributed by atoms with Gasteiger partial charge >= 0.3 is 5.97 Å². The van der Waals surface area contributed by atoms with E-state index in [-0.39, 0.29) is 24.6 Å². The molecule has 1 aromatic rings. The van der Waals surface area contributed by atoms with Crippen LogP contribution < -0.4 is 33.2 Å². The highest BCUT2D eigenvalue weighted by Crippen LogP contribution is 2.06. The zero-order valence-corrected chi connectivity index (χ0v) is 20.9. The number of hydrogen-bond acceptors (Lipinski definition) is 8. The molecule has 0 bridgehead atoms. The molecule has 0 fully saturated rings. The number of carbonyl (C=O) groups is 4. The summed E-state index contributed by atoms with van der Waals surface area (Å²) >= 11 is 4.12. The fourth-order valence-corrected chi connectivity index (χ4v) is 3.35. The number of thiol groups is 1. The van der Waals surface area contributed by atoms with Crippen LogP contribution in [-0.2, 0) is 25.6 Å². The molecule has 14 heteroatoms. The molecule has 0 spiro atoms. The van der Waals surface area contributed by atoms with Crippen LogP contribution in [0.1, 0.15) is 25.3 Å². The van der Waals surface area contributed by atoms with Gasteiger partial charge in [-0.2, -0.15) is 12.6 Å². The molecule has 5 atom stereocenters. The van der Waals surface area contributed by atoms with E-state index in [1.54, 1.807) is 30.3 Å². The first-order valence-electron chi connectivity index (χ1n) is 11.2. The quantitative estimate of drug-likeness (QED) is 0.0507. The van der Waals surface area contributed by atoms with Crippen LogP contribution in [0.2, 0.25) is 0 Å². The summed E-state index contributed by atoms with van der Waals surface area (Å²) in [7, 11) is 0. The number of benzene rings is 1. The van der Waals surface area contributed by atoms with E-state index >= 15 is 0 Å². The van der Waals surface area contributed by atoms with Crippen LogP contribution in [0.3, 0.4) is 0 Å². The van der Waals surface area contributed by atoms with E-state index in [2.05, 4.69) is 33.6 Å². The second kappa shape index (κ2) is 15.6. The summed E-state index contributed by atoms with van der Waals surface area (Å²) in [5, 5.41) is 26.2. The van der Waals surface area contributed by atoms with E-state index < -0.39 is 54.0 Å². The number of aliphatic carboxylic acids is 1. The minimum absolute atomic E-state index is 0.0299. The van der Waals surface area contributed by atoms with Crippen molar-refractivity contribution in [1.82, 2.24) is 16.0 Å². The lowest BCUT2D eigenvalue weighted by Gasteiger charge is -2.25. The molecule has 0 aromatic heterocycles. The summed E-state index contributed by atoms with van der Waals surface area (Å²) < 4.78 is 0. The number of rotatable bonds is 15. The van der Waals surface area contributed by atoms with Gasteiger partial charge < -0.3 is 43.4 Å². The number of guanidine groups is 1. The van der Waals surface area contributed by atoms with Crippen molar-refractivity contribution < 1.29 is 29.4 Å². The molecular weight excluding hydrogens is 490 g/mol. The van der Waals surface area contributed by atoms with Crippen LogP contribution in [0.15, 0.2) is 35.3 Å². The van der Waals surface area contributed by atoms with E-state index in [4.69, 9.17) is 17.2 Å². The molecular formula is C22H35N7O6S. The summed E-state index contributed by atoms with van der Waals surface area (Å²) in [5.74, 6) is -3.73. The molecule has 200 valence electrons. The number of aliphatic hydroxyl groups excluding tert-OH is 1. The Kier molecular flexibility index (Phi) is 13.3. The van der Waals surface area contributed by atoms with Gasteiger partial charge in [-0.1, -0.05) is 30.3 Å². The lowest BCUT2D eigenvalue weighted by molar-refractivity contribution is -0.145. The molecule has 1 rings (SSSR count). The zero-order valence-electron chi connectivity index (χ0n) is 20.0. The van der Waals surface area contributed by atoms with Gasteiger partial charge in [0.15, 0.2) is 12.0 Å². The van der Waals surface area contributed by atoms with Crippen molar-refractivity contribution in [3.05, 3.63) is 35.9 Å². The SMILES string of the molecule is CC(O)C(NC(=O)C(Cc1ccccc1)NC(=O)C(CS)NC(=O)C(N)CCCN=C(N)N)C(=O)O. The maximum atomic E-state index is 12.9. The van der Waals surface area contributed by atoms with Gasteiger partial charge in [0.25, 0.3) is 0 Å². The van der Waals surface area contributed by atoms with E-state index in [9.17, 15) is 29.4 Å². The number of aliphatic imine (C=N–C) groups is 1. The predicted octanol–water partition coefficient (Wildman–Crippen LogP) is -2.54. The van der Waals surface area contributed by atoms with Crippen molar-refractivity contribution in [2.45, 2.75) is 56.5 Å². The Hall–Kier alpha value is -3.36. The number of hydrogen-bond donors (Lipinski definition) is 9. The molecule has 0 radical (unpaired) electrons. The monoisotopic (exact) mass is 525 g/mol. The Labute approximate surface area is 214 Å². The van der Waals surface area contributed by atoms with Crippen LogP contribution in [-0.4, -0.2) is 82.4 Å². The lowest BCUT2D eigenvalue weighted by Crippen LogP contribution is -2.59. The Morgan fingerprint density at radius 2 is 1.58 bits per heavy atom. The number of carbonyl (C=O) groups excluding carboxylic acids is 3. The lowest BCUT2D eigenvalue weighted by atomic mass is 10.0. The molecule has 0 heterocycles. The van der Waals surface area contributed by atoms with Gasteiger partial charge in [0.05, 0.1) is 12.1 Å². The highest BCUT2D eigenvalue weighted by Gasteiger charge is 2.31. The molecule has 36 heavy (non-hydrogen) atoms. The van der Waals surface area contributed by atoms with E-state index in [0.29, 0.717) is 18.5 Å². The summed E-state index contributed by atoms with van der Waals surface area (Å²) in [6.07, 6.45) is -0.643. The van der Waals surface area contributed by atoms with Crippen LogP contribution >= 0.6 is 12.6 Å². The normalized spacial score (nSPS) is 14.9. The molecule has 5 unspecified atom stereocenters. The number of nitrogens with two attached hydrogens (primary N) is 3. The standard InChI is InChI=1S/C22H35N7O6S/c1-12(30)17(21(34)35)29-19(32)15(10-13-6-3-2-4-7-13)27-20(33)16(11-36)28-18(31)14(23)8-5-9-26-22(24)25/h2-4,6-7,12,14-17,30,36H,5,8-11,23H2,1H3,(H,27,33)(H,28,31)(H,29,32)(H,34,35)(H4,24,25,26). The molecule has 13 nitrogen and oxygen atoms in total. The van der Waals surface area contributed by atoms with Gasteiger partial charge in [-0.3, -0.25) is 19.4 Å². The highest BCUT2D eigenvalue weighted by atomic mass is 32.1. The number of nitrogens with one attached hydrogen (secondary N) is 3. The first-order valence-corrected chi connectivity index (χ1v) is 11.9. The summed E-state index contributed by atoms with van der Waals surface area (Å²) in [5.41, 5.74) is 17.1. The molecule has 0 saturated heterocycles. The van der Waals surface area contributed by atoms with Crippen molar-refractivity contribution in [2.24, 2.45) is 22.2 Å². The van der Waals surface area contributed by atoms with Crippen LogP contribution in [0.4, 0.5) is 0 Å². The zero-order chi connectivity index (χ0) is 27.3. The average Bonchev–Trinajstić information content (AvgIpc) is 2.82. The van der Waals surface area contributed by atoms with Gasteiger partial charge in [-0.15, -0.1) is 0 Å². The minimum atomic E-state index is -1.58. The van der Waals surface area contributed by atoms with Crippen molar-refractivity contribution in [2.75, 3.05) is 12.3 Å². The van der Waals surface area contributed by atoms with Gasteiger partial charge in [0, 0.05) is 18.7 Å². The van der Waals surface area contributed by atoms with E-state index in [0.717, 1.165) is 0 Å². The van der Waals surface area contributed by atoms with Crippen LogP contribution in [0.5, 0.6) is 0 Å². The Bertz CT molecular complexity index is 911. The maximum absolute atomic E-state index is 12.9. The molecule has 0 aliphatic carbocycles. The number of carboxylic acids is 1. The van der Waals surface area contributed by atoms with Crippen LogP contribution in [0.25, 0.3) is 0 Å². The number of nitrogens with zero attached hydrogens (tertiary/aromatic N) is 1. The van der Waals surface area contributed by atoms with Crippen molar-refractivity contribution in [1.29, 1.82) is 0 Å². The van der Waals surface area contributed by atoms with Crippen molar-refractivity contribution in [3.63, 3.8) is 0 Å². The van der Waals surface area contributed by atoms with Crippen molar-refractivity contribution >= 4 is 42.3 Å². The summed E-state index contributed by atoms with van der Waals surface area (Å²) in [6, 6.07) is 3.89. The molecule has 11 N–H and O–H groups in total. The van der Waals surface area contributed by atoms with E-state index in [1.807, 2.05) is 0 Å². The second-order valence-corrected chi connectivity index (χ2v) is 8.48. The first-order chi connectivity index (χ1) is 17.0. The third-order valence-corrected chi connectivity index (χ3v) is 5.45. The van der Waals surface area contributed by atoms with Gasteiger partial charge in [0.2, 0.25) is 17.7 Å². The molecule has 0 saturated carbocycles. The maximum Gasteiger partial charge on any atom is 0.328 e. The smallest absolute Gasteiger partial charge is 0.328 e. The fourth-order valence-electron chi connectivity index (χ4n) is 3.10. The highest BCUT2D eigenvalue weighted by molar-refractivity contribution is 7.80. The molecule has 1 aromatic carbocycles. The molecule has 3 amide bonds.